The Morgan fingerprint density at radius 1 is 1.77 bits per heavy atom. The monoisotopic (exact) mass is 181 g/mol. The summed E-state index contributed by atoms with van der Waals surface area (Å²) in [7, 11) is 0. The average Bonchev–Trinajstić information content (AvgIpc) is 2.88. The van der Waals surface area contributed by atoms with Gasteiger partial charge in [0.25, 0.3) is 0 Å². The highest BCUT2D eigenvalue weighted by Gasteiger charge is 2.33. The molecule has 0 aliphatic heterocycles. The Labute approximate surface area is 78.3 Å². The zero-order valence-corrected chi connectivity index (χ0v) is 7.86. The Morgan fingerprint density at radius 2 is 2.38 bits per heavy atom. The van der Waals surface area contributed by atoms with Gasteiger partial charge in [0.1, 0.15) is 0 Å². The molecule has 1 fully saturated rings. The Morgan fingerprint density at radius 3 is 2.77 bits per heavy atom. The summed E-state index contributed by atoms with van der Waals surface area (Å²) in [4.78, 5) is 13.3. The molecule has 1 aliphatic rings. The second kappa shape index (κ2) is 4.24. The lowest BCUT2D eigenvalue weighted by atomic mass is 10.3. The van der Waals surface area contributed by atoms with E-state index in [1.54, 1.807) is 11.8 Å². The van der Waals surface area contributed by atoms with E-state index >= 15 is 0 Å². The number of rotatable bonds is 4. The van der Waals surface area contributed by atoms with E-state index in [1.165, 1.54) is 0 Å². The second-order valence-corrected chi connectivity index (χ2v) is 3.46. The van der Waals surface area contributed by atoms with Crippen LogP contribution < -0.4 is 5.73 Å². The summed E-state index contributed by atoms with van der Waals surface area (Å²) in [5, 5.41) is 8.42. The summed E-state index contributed by atoms with van der Waals surface area (Å²) in [6, 6.07) is 1.95. The molecule has 0 bridgehead atoms. The van der Waals surface area contributed by atoms with Crippen molar-refractivity contribution in [3.63, 3.8) is 0 Å². The van der Waals surface area contributed by atoms with Crippen LogP contribution in [-0.2, 0) is 4.79 Å². The normalized spacial score (nSPS) is 17.6. The van der Waals surface area contributed by atoms with Gasteiger partial charge in [0.2, 0.25) is 5.91 Å². The van der Waals surface area contributed by atoms with Crippen LogP contribution in [0.2, 0.25) is 0 Å². The fourth-order valence-corrected chi connectivity index (χ4v) is 1.29. The number of carbonyl (C=O) groups is 1. The summed E-state index contributed by atoms with van der Waals surface area (Å²) in [5.74, 6) is -0.0299. The number of nitrogens with two attached hydrogens (primary N) is 1. The lowest BCUT2D eigenvalue weighted by molar-refractivity contribution is -0.132. The molecule has 4 nitrogen and oxygen atoms in total. The summed E-state index contributed by atoms with van der Waals surface area (Å²) in [6.07, 6.45) is 2.52. The van der Waals surface area contributed by atoms with Crippen LogP contribution in [0.4, 0.5) is 0 Å². The highest BCUT2D eigenvalue weighted by molar-refractivity contribution is 5.81. The molecule has 2 N–H and O–H groups in total. The molecular weight excluding hydrogens is 166 g/mol. The maximum atomic E-state index is 11.5. The number of hydrogen-bond acceptors (Lipinski definition) is 3. The fraction of sp³-hybridized carbons (Fsp3) is 0.778. The molecule has 0 saturated heterocycles. The van der Waals surface area contributed by atoms with Crippen molar-refractivity contribution in [2.24, 2.45) is 5.73 Å². The molecule has 13 heavy (non-hydrogen) atoms. The van der Waals surface area contributed by atoms with Crippen LogP contribution in [0, 0.1) is 11.3 Å². The predicted molar refractivity (Wildman–Crippen MR) is 48.6 cm³/mol. The van der Waals surface area contributed by atoms with Crippen molar-refractivity contribution in [2.75, 3.05) is 6.54 Å². The Balaban J connectivity index is 2.47. The van der Waals surface area contributed by atoms with Crippen LogP contribution in [0.3, 0.4) is 0 Å². The molecule has 0 aromatic heterocycles. The van der Waals surface area contributed by atoms with Crippen LogP contribution in [0.5, 0.6) is 0 Å². The second-order valence-electron chi connectivity index (χ2n) is 3.46. The minimum Gasteiger partial charge on any atom is -0.337 e. The molecule has 1 amide bonds. The number of nitriles is 1. The first kappa shape index (κ1) is 10.0. The van der Waals surface area contributed by atoms with Gasteiger partial charge in [-0.1, -0.05) is 0 Å². The number of amides is 1. The van der Waals surface area contributed by atoms with Gasteiger partial charge in [-0.3, -0.25) is 4.79 Å². The van der Waals surface area contributed by atoms with Gasteiger partial charge in [0.15, 0.2) is 0 Å². The first-order valence-corrected chi connectivity index (χ1v) is 4.60. The van der Waals surface area contributed by atoms with E-state index in [1.807, 2.05) is 6.07 Å². The van der Waals surface area contributed by atoms with Gasteiger partial charge in [0.05, 0.1) is 18.5 Å². The zero-order chi connectivity index (χ0) is 9.84. The van der Waals surface area contributed by atoms with Gasteiger partial charge in [-0.25, -0.2) is 0 Å². The lowest BCUT2D eigenvalue weighted by Gasteiger charge is -2.22. The Bertz CT molecular complexity index is 228. The van der Waals surface area contributed by atoms with E-state index in [4.69, 9.17) is 11.0 Å². The molecular formula is C9H15N3O. The van der Waals surface area contributed by atoms with Crippen molar-refractivity contribution in [3.8, 4) is 6.07 Å². The predicted octanol–water partition coefficient (Wildman–Crippen LogP) is 0.238. The number of nitrogens with zero attached hydrogens (tertiary/aromatic N) is 2. The van der Waals surface area contributed by atoms with Gasteiger partial charge in [-0.15, -0.1) is 0 Å². The van der Waals surface area contributed by atoms with Crippen molar-refractivity contribution in [1.29, 1.82) is 5.26 Å². The molecule has 0 heterocycles. The molecule has 0 radical (unpaired) electrons. The van der Waals surface area contributed by atoms with E-state index in [0.717, 1.165) is 12.8 Å². The van der Waals surface area contributed by atoms with Crippen molar-refractivity contribution >= 4 is 5.91 Å². The third kappa shape index (κ3) is 2.71. The number of hydrogen-bond donors (Lipinski definition) is 1. The summed E-state index contributed by atoms with van der Waals surface area (Å²) in [6.45, 7) is 2.21. The molecule has 0 spiro atoms. The average molecular weight is 181 g/mol. The smallest absolute Gasteiger partial charge is 0.239 e. The summed E-state index contributed by atoms with van der Waals surface area (Å²) < 4.78 is 0. The maximum Gasteiger partial charge on any atom is 0.239 e. The first-order chi connectivity index (χ1) is 6.16. The molecule has 0 aromatic carbocycles. The molecule has 0 unspecified atom stereocenters. The largest absolute Gasteiger partial charge is 0.337 e. The summed E-state index contributed by atoms with van der Waals surface area (Å²) in [5.41, 5.74) is 5.50. The van der Waals surface area contributed by atoms with Crippen LogP contribution in [0.15, 0.2) is 0 Å². The highest BCUT2D eigenvalue weighted by Crippen LogP contribution is 2.27. The van der Waals surface area contributed by atoms with E-state index in [9.17, 15) is 4.79 Å². The van der Waals surface area contributed by atoms with Gasteiger partial charge in [-0.2, -0.15) is 5.26 Å². The highest BCUT2D eigenvalue weighted by atomic mass is 16.2. The maximum absolute atomic E-state index is 11.5. The van der Waals surface area contributed by atoms with Crippen molar-refractivity contribution < 1.29 is 4.79 Å². The Hall–Kier alpha value is -1.08. The fourth-order valence-electron chi connectivity index (χ4n) is 1.29. The van der Waals surface area contributed by atoms with E-state index in [-0.39, 0.29) is 5.91 Å². The third-order valence-corrected chi connectivity index (χ3v) is 2.12. The van der Waals surface area contributed by atoms with E-state index < -0.39 is 6.04 Å². The minimum atomic E-state index is -0.445. The van der Waals surface area contributed by atoms with Crippen molar-refractivity contribution in [1.82, 2.24) is 4.90 Å². The van der Waals surface area contributed by atoms with Gasteiger partial charge in [-0.05, 0) is 19.8 Å². The summed E-state index contributed by atoms with van der Waals surface area (Å²) >= 11 is 0. The quantitative estimate of drug-likeness (QED) is 0.675. The zero-order valence-electron chi connectivity index (χ0n) is 7.86. The Kier molecular flexibility index (Phi) is 3.26. The first-order valence-electron chi connectivity index (χ1n) is 4.60. The SMILES string of the molecule is C[C@H](N)C(=O)N(CCC#N)C1CC1. The van der Waals surface area contributed by atoms with E-state index in [2.05, 4.69) is 0 Å². The standard InChI is InChI=1S/C9H15N3O/c1-7(11)9(13)12(6-2-5-10)8-3-4-8/h7-8H,2-4,6,11H2,1H3/t7-/m0/s1. The topological polar surface area (TPSA) is 70.1 Å². The van der Waals surface area contributed by atoms with Gasteiger partial charge in [0, 0.05) is 12.6 Å². The molecule has 0 aromatic rings. The minimum absolute atomic E-state index is 0.0299. The molecule has 1 rings (SSSR count). The number of carbonyl (C=O) groups excluding carboxylic acids is 1. The molecule has 1 saturated carbocycles. The lowest BCUT2D eigenvalue weighted by Crippen LogP contribution is -2.43. The van der Waals surface area contributed by atoms with Crippen LogP contribution in [0.25, 0.3) is 0 Å². The van der Waals surface area contributed by atoms with Crippen LogP contribution >= 0.6 is 0 Å². The van der Waals surface area contributed by atoms with Crippen LogP contribution in [-0.4, -0.2) is 29.4 Å². The van der Waals surface area contributed by atoms with Crippen molar-refractivity contribution in [3.05, 3.63) is 0 Å². The van der Waals surface area contributed by atoms with Gasteiger partial charge >= 0.3 is 0 Å². The molecule has 1 atom stereocenters. The van der Waals surface area contributed by atoms with Crippen molar-refractivity contribution in [2.45, 2.75) is 38.3 Å². The van der Waals surface area contributed by atoms with E-state index in [0.29, 0.717) is 19.0 Å². The van der Waals surface area contributed by atoms with Gasteiger partial charge < -0.3 is 10.6 Å². The van der Waals surface area contributed by atoms with Crippen LogP contribution in [0.1, 0.15) is 26.2 Å². The molecule has 4 heteroatoms. The molecule has 1 aliphatic carbocycles. The third-order valence-electron chi connectivity index (χ3n) is 2.12. The molecule has 72 valence electrons.